The second kappa shape index (κ2) is 5.64. The molecule has 0 amide bonds. The highest BCUT2D eigenvalue weighted by Gasteiger charge is 2.34. The zero-order valence-electron chi connectivity index (χ0n) is 13.2. The smallest absolute Gasteiger partial charge is 0.165 e. The quantitative estimate of drug-likeness (QED) is 0.662. The fourth-order valence-electron chi connectivity index (χ4n) is 3.62. The molecule has 1 fully saturated rings. The zero-order valence-corrected chi connectivity index (χ0v) is 14.0. The maximum absolute atomic E-state index is 5.02. The Kier molecular flexibility index (Phi) is 3.30. The predicted molar refractivity (Wildman–Crippen MR) is 101 cm³/mol. The van der Waals surface area contributed by atoms with Crippen molar-refractivity contribution in [3.8, 4) is 0 Å². The Balaban J connectivity index is 1.55. The van der Waals surface area contributed by atoms with Crippen LogP contribution in [0.1, 0.15) is 11.1 Å². The van der Waals surface area contributed by atoms with E-state index in [9.17, 15) is 0 Å². The first-order valence-corrected chi connectivity index (χ1v) is 9.25. The molecule has 0 radical (unpaired) electrons. The number of pyridine rings is 1. The second-order valence-corrected chi connectivity index (χ2v) is 7.32. The van der Waals surface area contributed by atoms with Crippen molar-refractivity contribution >= 4 is 33.4 Å². The van der Waals surface area contributed by atoms with Crippen LogP contribution >= 0.6 is 11.8 Å². The molecule has 3 aromatic rings. The van der Waals surface area contributed by atoms with E-state index in [4.69, 9.17) is 4.99 Å². The molecule has 5 rings (SSSR count). The summed E-state index contributed by atoms with van der Waals surface area (Å²) in [6.45, 7) is 0.971. The maximum atomic E-state index is 5.02. The van der Waals surface area contributed by atoms with E-state index in [2.05, 4.69) is 58.4 Å². The monoisotopic (exact) mass is 331 g/mol. The predicted octanol–water partition coefficient (Wildman–Crippen LogP) is 4.40. The molecule has 4 heteroatoms. The van der Waals surface area contributed by atoms with Gasteiger partial charge in [0.2, 0.25) is 0 Å². The molecule has 1 saturated heterocycles. The van der Waals surface area contributed by atoms with E-state index in [1.54, 1.807) is 0 Å². The first kappa shape index (κ1) is 14.1. The van der Waals surface area contributed by atoms with Gasteiger partial charge in [-0.3, -0.25) is 4.98 Å². The molecule has 1 aromatic heterocycles. The molecule has 0 N–H and O–H groups in total. The van der Waals surface area contributed by atoms with E-state index in [0.717, 1.165) is 35.0 Å². The van der Waals surface area contributed by atoms with Crippen molar-refractivity contribution in [3.63, 3.8) is 0 Å². The van der Waals surface area contributed by atoms with Crippen LogP contribution in [0.3, 0.4) is 0 Å². The van der Waals surface area contributed by atoms with Crippen LogP contribution in [0.2, 0.25) is 0 Å². The van der Waals surface area contributed by atoms with Crippen molar-refractivity contribution in [2.24, 2.45) is 4.99 Å². The normalized spacial score (nSPS) is 21.1. The highest BCUT2D eigenvalue weighted by molar-refractivity contribution is 8.14. The minimum Gasteiger partial charge on any atom is -0.343 e. The van der Waals surface area contributed by atoms with E-state index >= 15 is 0 Å². The highest BCUT2D eigenvalue weighted by atomic mass is 32.2. The number of aliphatic imine (C=N–C) groups is 1. The lowest BCUT2D eigenvalue weighted by molar-refractivity contribution is 0.320. The topological polar surface area (TPSA) is 28.5 Å². The SMILES string of the molecule is c1ccc2c(c1)C[C@@H]1CSC(=Nc3cccc4cnccc34)N1C2. The summed E-state index contributed by atoms with van der Waals surface area (Å²) in [4.78, 5) is 11.7. The molecule has 0 unspecified atom stereocenters. The van der Waals surface area contributed by atoms with Crippen LogP contribution in [0.25, 0.3) is 10.8 Å². The summed E-state index contributed by atoms with van der Waals surface area (Å²) in [6.07, 6.45) is 4.87. The van der Waals surface area contributed by atoms with E-state index in [1.807, 2.05) is 24.2 Å². The Morgan fingerprint density at radius 2 is 1.96 bits per heavy atom. The lowest BCUT2D eigenvalue weighted by Gasteiger charge is -2.32. The van der Waals surface area contributed by atoms with Crippen molar-refractivity contribution in [3.05, 3.63) is 72.1 Å². The molecule has 0 spiro atoms. The summed E-state index contributed by atoms with van der Waals surface area (Å²) in [5, 5.41) is 3.46. The summed E-state index contributed by atoms with van der Waals surface area (Å²) >= 11 is 1.88. The van der Waals surface area contributed by atoms with Crippen LogP contribution in [-0.2, 0) is 13.0 Å². The highest BCUT2D eigenvalue weighted by Crippen LogP contribution is 2.36. The number of benzene rings is 2. The van der Waals surface area contributed by atoms with E-state index in [0.29, 0.717) is 6.04 Å². The van der Waals surface area contributed by atoms with Gasteiger partial charge in [0.25, 0.3) is 0 Å². The van der Waals surface area contributed by atoms with Gasteiger partial charge in [-0.25, -0.2) is 4.99 Å². The first-order valence-electron chi connectivity index (χ1n) is 8.26. The zero-order chi connectivity index (χ0) is 15.9. The number of aromatic nitrogens is 1. The van der Waals surface area contributed by atoms with Crippen LogP contribution in [0.5, 0.6) is 0 Å². The van der Waals surface area contributed by atoms with E-state index < -0.39 is 0 Å². The number of nitrogens with zero attached hydrogens (tertiary/aromatic N) is 3. The number of fused-ring (bicyclic) bond motifs is 3. The third-order valence-corrected chi connectivity index (χ3v) is 6.02. The van der Waals surface area contributed by atoms with Gasteiger partial charge in [-0.2, -0.15) is 0 Å². The van der Waals surface area contributed by atoms with Crippen LogP contribution in [0.15, 0.2) is 65.9 Å². The van der Waals surface area contributed by atoms with Gasteiger partial charge in [0.1, 0.15) is 0 Å². The molecule has 0 saturated carbocycles. The van der Waals surface area contributed by atoms with Crippen LogP contribution in [0.4, 0.5) is 5.69 Å². The Morgan fingerprint density at radius 1 is 1.04 bits per heavy atom. The van der Waals surface area contributed by atoms with Crippen molar-refractivity contribution < 1.29 is 0 Å². The van der Waals surface area contributed by atoms with Gasteiger partial charge in [0.15, 0.2) is 5.17 Å². The van der Waals surface area contributed by atoms with Crippen molar-refractivity contribution in [1.29, 1.82) is 0 Å². The van der Waals surface area contributed by atoms with Gasteiger partial charge in [-0.15, -0.1) is 0 Å². The Morgan fingerprint density at radius 3 is 2.92 bits per heavy atom. The molecule has 3 heterocycles. The van der Waals surface area contributed by atoms with Gasteiger partial charge in [-0.1, -0.05) is 48.2 Å². The summed E-state index contributed by atoms with van der Waals surface area (Å²) in [6, 6.07) is 17.7. The summed E-state index contributed by atoms with van der Waals surface area (Å²) in [7, 11) is 0. The lowest BCUT2D eigenvalue weighted by atomic mass is 9.95. The molecule has 24 heavy (non-hydrogen) atoms. The molecule has 2 aliphatic heterocycles. The van der Waals surface area contributed by atoms with Crippen LogP contribution in [-0.4, -0.2) is 26.8 Å². The molecule has 0 aliphatic carbocycles. The molecule has 0 bridgehead atoms. The van der Waals surface area contributed by atoms with Gasteiger partial charge >= 0.3 is 0 Å². The van der Waals surface area contributed by atoms with Gasteiger partial charge < -0.3 is 4.90 Å². The molecular formula is C20H17N3S. The Labute approximate surface area is 145 Å². The number of amidine groups is 1. The minimum absolute atomic E-state index is 0.570. The van der Waals surface area contributed by atoms with Crippen LogP contribution < -0.4 is 0 Å². The number of thioether (sulfide) groups is 1. The maximum Gasteiger partial charge on any atom is 0.165 e. The second-order valence-electron chi connectivity index (χ2n) is 6.33. The number of rotatable bonds is 1. The Hall–Kier alpha value is -2.33. The van der Waals surface area contributed by atoms with Crippen molar-refractivity contribution in [2.75, 3.05) is 5.75 Å². The number of hydrogen-bond acceptors (Lipinski definition) is 3. The van der Waals surface area contributed by atoms with Gasteiger partial charge in [-0.05, 0) is 29.7 Å². The molecular weight excluding hydrogens is 314 g/mol. The standard InChI is InChI=1S/C20H17N3S/c1-2-5-16-12-23-17(10-14(16)4-1)13-24-20(23)22-19-7-3-6-15-11-21-9-8-18(15)19/h1-9,11,17H,10,12-13H2/t17-/m1/s1. The van der Waals surface area contributed by atoms with E-state index in [1.165, 1.54) is 16.5 Å². The van der Waals surface area contributed by atoms with Crippen LogP contribution in [0, 0.1) is 0 Å². The third kappa shape index (κ3) is 2.29. The van der Waals surface area contributed by atoms with Crippen molar-refractivity contribution in [2.45, 2.75) is 19.0 Å². The minimum atomic E-state index is 0.570. The summed E-state index contributed by atoms with van der Waals surface area (Å²) in [5.74, 6) is 1.12. The van der Waals surface area contributed by atoms with Gasteiger partial charge in [0, 0.05) is 41.5 Å². The van der Waals surface area contributed by atoms with Gasteiger partial charge in [0.05, 0.1) is 5.69 Å². The fraction of sp³-hybridized carbons (Fsp3) is 0.200. The first-order chi connectivity index (χ1) is 11.9. The summed E-state index contributed by atoms with van der Waals surface area (Å²) in [5.41, 5.74) is 3.97. The average Bonchev–Trinajstić information content (AvgIpc) is 3.02. The largest absolute Gasteiger partial charge is 0.343 e. The van der Waals surface area contributed by atoms with Crippen molar-refractivity contribution in [1.82, 2.24) is 9.88 Å². The Bertz CT molecular complexity index is 945. The molecule has 3 nitrogen and oxygen atoms in total. The summed E-state index contributed by atoms with van der Waals surface area (Å²) < 4.78 is 0. The van der Waals surface area contributed by atoms with E-state index in [-0.39, 0.29) is 0 Å². The number of hydrogen-bond donors (Lipinski definition) is 0. The third-order valence-electron chi connectivity index (χ3n) is 4.88. The average molecular weight is 331 g/mol. The molecule has 118 valence electrons. The molecule has 2 aromatic carbocycles. The molecule has 2 aliphatic rings. The fourth-order valence-corrected chi connectivity index (χ4v) is 4.80. The molecule has 1 atom stereocenters. The lowest BCUT2D eigenvalue weighted by Crippen LogP contribution is -2.38.